The number of carbonyl (C=O) groups excluding carboxylic acids is 1. The number of rotatable bonds is 4. The summed E-state index contributed by atoms with van der Waals surface area (Å²) in [6.45, 7) is 1.44. The van der Waals surface area contributed by atoms with Gasteiger partial charge >= 0.3 is 10.2 Å². The van der Waals surface area contributed by atoms with Gasteiger partial charge in [0.15, 0.2) is 5.69 Å². The number of nitriles is 1. The molecule has 0 aliphatic heterocycles. The molecule has 1 fully saturated rings. The van der Waals surface area contributed by atoms with Gasteiger partial charge in [0.2, 0.25) is 5.91 Å². The molecule has 3 rings (SSSR count). The number of primary amides is 1. The molecule has 1 aromatic heterocycles. The van der Waals surface area contributed by atoms with Crippen LogP contribution < -0.4 is 5.73 Å². The minimum absolute atomic E-state index is 0.0537. The minimum Gasteiger partial charge on any atom is -0.369 e. The average molecular weight is 461 g/mol. The van der Waals surface area contributed by atoms with Gasteiger partial charge < -0.3 is 5.73 Å². The van der Waals surface area contributed by atoms with Crippen molar-refractivity contribution in [2.24, 2.45) is 5.73 Å². The highest BCUT2D eigenvalue weighted by atomic mass is 35.5. The van der Waals surface area contributed by atoms with E-state index in [1.165, 1.54) is 6.92 Å². The summed E-state index contributed by atoms with van der Waals surface area (Å²) in [5.74, 6) is -0.680. The topological polar surface area (TPSA) is 84.7 Å². The molecule has 1 amide bonds. The normalized spacial score (nSPS) is 18.1. The third-order valence-corrected chi connectivity index (χ3v) is 6.27. The Bertz CT molecular complexity index is 1060. The van der Waals surface area contributed by atoms with E-state index < -0.39 is 36.5 Å². The molecule has 0 atom stereocenters. The van der Waals surface area contributed by atoms with Crippen LogP contribution in [0, 0.1) is 18.3 Å². The number of benzene rings is 1. The molecular formula is C15H11Cl2F5N4OS. The lowest BCUT2D eigenvalue weighted by Gasteiger charge is -2.40. The number of nitrogens with two attached hydrogens (primary N) is 1. The van der Waals surface area contributed by atoms with E-state index in [0.29, 0.717) is 12.8 Å². The van der Waals surface area contributed by atoms with Crippen LogP contribution in [0.15, 0.2) is 17.0 Å². The molecule has 1 heterocycles. The van der Waals surface area contributed by atoms with Crippen molar-refractivity contribution in [2.45, 2.75) is 30.1 Å². The Morgan fingerprint density at radius 2 is 1.75 bits per heavy atom. The molecule has 152 valence electrons. The lowest BCUT2D eigenvalue weighted by molar-refractivity contribution is -0.120. The summed E-state index contributed by atoms with van der Waals surface area (Å²) in [7, 11) is -10.0. The Hall–Kier alpha value is -2.03. The maximum Gasteiger partial charge on any atom is 0.310 e. The summed E-state index contributed by atoms with van der Waals surface area (Å²) in [6.07, 6.45) is 0.738. The zero-order valence-corrected chi connectivity index (χ0v) is 16.3. The number of hydrogen-bond acceptors (Lipinski definition) is 3. The molecule has 1 saturated carbocycles. The minimum atomic E-state index is -10.0. The number of carbonyl (C=O) groups is 1. The fraction of sp³-hybridized carbons (Fsp3) is 0.267. The molecule has 28 heavy (non-hydrogen) atoms. The maximum absolute atomic E-state index is 13.1. The zero-order valence-electron chi connectivity index (χ0n) is 14.0. The van der Waals surface area contributed by atoms with Gasteiger partial charge in [-0.1, -0.05) is 42.6 Å². The van der Waals surface area contributed by atoms with Crippen molar-refractivity contribution in [1.29, 1.82) is 5.26 Å². The number of nitrogens with zero attached hydrogens (tertiary/aromatic N) is 3. The van der Waals surface area contributed by atoms with Crippen molar-refractivity contribution in [3.8, 4) is 11.8 Å². The molecule has 0 unspecified atom stereocenters. The second-order valence-electron chi connectivity index (χ2n) is 6.48. The van der Waals surface area contributed by atoms with Crippen molar-refractivity contribution >= 4 is 39.3 Å². The quantitative estimate of drug-likeness (QED) is 0.608. The van der Waals surface area contributed by atoms with E-state index in [9.17, 15) is 29.5 Å². The predicted octanol–water partition coefficient (Wildman–Crippen LogP) is 5.53. The second-order valence-corrected chi connectivity index (χ2v) is 9.71. The Kier molecular flexibility index (Phi) is 3.93. The molecule has 0 radical (unpaired) electrons. The molecule has 2 N–H and O–H groups in total. The van der Waals surface area contributed by atoms with Gasteiger partial charge in [-0.3, -0.25) is 4.79 Å². The van der Waals surface area contributed by atoms with Gasteiger partial charge in [-0.2, -0.15) is 10.4 Å². The number of amides is 1. The molecular weight excluding hydrogens is 450 g/mol. The fourth-order valence-corrected chi connectivity index (χ4v) is 4.54. The van der Waals surface area contributed by atoms with Gasteiger partial charge in [0, 0.05) is 11.3 Å². The van der Waals surface area contributed by atoms with Crippen LogP contribution in [0.2, 0.25) is 10.0 Å². The third-order valence-electron chi connectivity index (χ3n) is 4.57. The number of halogens is 7. The van der Waals surface area contributed by atoms with Gasteiger partial charge in [0.25, 0.3) is 0 Å². The van der Waals surface area contributed by atoms with Gasteiger partial charge in [0.05, 0.1) is 15.5 Å². The Morgan fingerprint density at radius 3 is 2.11 bits per heavy atom. The monoisotopic (exact) mass is 460 g/mol. The van der Waals surface area contributed by atoms with Gasteiger partial charge in [-0.05, 0) is 31.9 Å². The Labute approximate surface area is 165 Å². The van der Waals surface area contributed by atoms with E-state index in [1.807, 2.05) is 0 Å². The number of aromatic nitrogens is 2. The van der Waals surface area contributed by atoms with Gasteiger partial charge in [-0.15, -0.1) is 0 Å². The molecule has 5 nitrogen and oxygen atoms in total. The second kappa shape index (κ2) is 5.31. The van der Waals surface area contributed by atoms with Crippen LogP contribution in [0.3, 0.4) is 0 Å². The van der Waals surface area contributed by atoms with Gasteiger partial charge in [0.1, 0.15) is 16.7 Å². The van der Waals surface area contributed by atoms with Gasteiger partial charge in [-0.25, -0.2) is 4.68 Å². The highest BCUT2D eigenvalue weighted by Crippen LogP contribution is 3.02. The Morgan fingerprint density at radius 1 is 1.25 bits per heavy atom. The van der Waals surface area contributed by atoms with Crippen molar-refractivity contribution in [3.05, 3.63) is 39.1 Å². The SMILES string of the molecule is Cc1c(C2(C(N)=O)CC2)c(C#N)nn1-c1c(Cl)cc(S(F)(F)(F)(F)F)cc1Cl. The lowest BCUT2D eigenvalue weighted by atomic mass is 9.93. The molecule has 0 spiro atoms. The largest absolute Gasteiger partial charge is 0.369 e. The summed E-state index contributed by atoms with van der Waals surface area (Å²) < 4.78 is 66.3. The first kappa shape index (κ1) is 20.7. The van der Waals surface area contributed by atoms with E-state index in [4.69, 9.17) is 28.9 Å². The van der Waals surface area contributed by atoms with E-state index >= 15 is 0 Å². The van der Waals surface area contributed by atoms with E-state index in [0.717, 1.165) is 4.68 Å². The van der Waals surface area contributed by atoms with Crippen molar-refractivity contribution < 1.29 is 24.2 Å². The Balaban J connectivity index is 2.26. The standard InChI is InChI=1S/C15H11Cl2F5N4OS/c1-7-12(15(2-3-15)14(24)27)11(6-23)25-26(7)13-9(16)4-8(5-10(13)17)28(18,19,20,21)22/h4-5H,2-3H2,1H3,(H2,24,27). The molecule has 1 aliphatic rings. The van der Waals surface area contributed by atoms with Crippen LogP contribution in [-0.4, -0.2) is 15.7 Å². The van der Waals surface area contributed by atoms with Crippen LogP contribution in [0.25, 0.3) is 5.69 Å². The van der Waals surface area contributed by atoms with Crippen LogP contribution >= 0.6 is 33.4 Å². The van der Waals surface area contributed by atoms with Crippen LogP contribution in [0.4, 0.5) is 19.4 Å². The van der Waals surface area contributed by atoms with E-state index in [-0.39, 0.29) is 34.8 Å². The average Bonchev–Trinajstić information content (AvgIpc) is 3.25. The first-order chi connectivity index (χ1) is 12.5. The van der Waals surface area contributed by atoms with Crippen molar-refractivity contribution in [2.75, 3.05) is 0 Å². The molecule has 1 aromatic carbocycles. The van der Waals surface area contributed by atoms with Crippen LogP contribution in [-0.2, 0) is 10.2 Å². The highest BCUT2D eigenvalue weighted by molar-refractivity contribution is 8.45. The maximum atomic E-state index is 13.1. The van der Waals surface area contributed by atoms with Crippen LogP contribution in [0.1, 0.15) is 29.8 Å². The molecule has 2 aromatic rings. The first-order valence-corrected chi connectivity index (χ1v) is 10.3. The summed E-state index contributed by atoms with van der Waals surface area (Å²) in [5, 5.41) is 11.8. The first-order valence-electron chi connectivity index (χ1n) is 7.55. The van der Waals surface area contributed by atoms with E-state index in [1.54, 1.807) is 6.07 Å². The van der Waals surface area contributed by atoms with E-state index in [2.05, 4.69) is 5.10 Å². The molecule has 0 bridgehead atoms. The van der Waals surface area contributed by atoms with Crippen molar-refractivity contribution in [3.63, 3.8) is 0 Å². The highest BCUT2D eigenvalue weighted by Gasteiger charge is 2.65. The summed E-state index contributed by atoms with van der Waals surface area (Å²) in [5.41, 5.74) is 4.20. The smallest absolute Gasteiger partial charge is 0.310 e. The third kappa shape index (κ3) is 3.19. The fourth-order valence-electron chi connectivity index (χ4n) is 3.08. The van der Waals surface area contributed by atoms with Crippen molar-refractivity contribution in [1.82, 2.24) is 9.78 Å². The molecule has 1 aliphatic carbocycles. The summed E-state index contributed by atoms with van der Waals surface area (Å²) >= 11 is 11.7. The molecule has 0 saturated heterocycles. The molecule has 13 heteroatoms. The lowest BCUT2D eigenvalue weighted by Crippen LogP contribution is -2.29. The summed E-state index contributed by atoms with van der Waals surface area (Å²) in [6, 6.07) is 1.90. The summed E-state index contributed by atoms with van der Waals surface area (Å²) in [4.78, 5) is 9.58. The van der Waals surface area contributed by atoms with Crippen LogP contribution in [0.5, 0.6) is 0 Å². The zero-order chi connectivity index (χ0) is 21.3. The number of hydrogen-bond donors (Lipinski definition) is 1. The predicted molar refractivity (Wildman–Crippen MR) is 94.5 cm³/mol.